The normalized spacial score (nSPS) is 10.8. The monoisotopic (exact) mass is 474 g/mol. The number of rotatable bonds is 9. The number of aromatic nitrogens is 2. The van der Waals surface area contributed by atoms with Crippen molar-refractivity contribution in [2.45, 2.75) is 32.1 Å². The molecular weight excluding hydrogens is 448 g/mol. The zero-order chi connectivity index (χ0) is 23.9. The second kappa shape index (κ2) is 10.9. The maximum atomic E-state index is 12.6. The highest BCUT2D eigenvalue weighted by Crippen LogP contribution is 2.21. The van der Waals surface area contributed by atoms with Gasteiger partial charge in [-0.1, -0.05) is 47.7 Å². The molecule has 0 atom stereocenters. The molecule has 0 unspecified atom stereocenters. The second-order valence-electron chi connectivity index (χ2n) is 7.88. The Balaban J connectivity index is 1.34. The number of benzene rings is 2. The van der Waals surface area contributed by atoms with Crippen LogP contribution in [0, 0.1) is 13.8 Å². The number of imidazole rings is 1. The van der Waals surface area contributed by atoms with Gasteiger partial charge in [-0.25, -0.2) is 4.98 Å². The second-order valence-corrected chi connectivity index (χ2v) is 8.82. The molecule has 2 aromatic carbocycles. The molecule has 2 amide bonds. The van der Waals surface area contributed by atoms with Gasteiger partial charge < -0.3 is 15.1 Å². The van der Waals surface area contributed by atoms with Crippen LogP contribution in [0.1, 0.15) is 33.0 Å². The number of nitrogens with one attached hydrogen (secondary N) is 2. The molecule has 2 aromatic heterocycles. The van der Waals surface area contributed by atoms with E-state index in [-0.39, 0.29) is 17.6 Å². The van der Waals surface area contributed by atoms with Crippen molar-refractivity contribution in [2.24, 2.45) is 0 Å². The van der Waals surface area contributed by atoms with E-state index in [2.05, 4.69) is 15.6 Å². The quantitative estimate of drug-likeness (QED) is 0.351. The highest BCUT2D eigenvalue weighted by atomic mass is 32.2. The first-order chi connectivity index (χ1) is 16.5. The Labute approximate surface area is 202 Å². The Morgan fingerprint density at radius 1 is 1.00 bits per heavy atom. The van der Waals surface area contributed by atoms with Crippen LogP contribution < -0.4 is 10.6 Å². The molecule has 174 valence electrons. The minimum atomic E-state index is -0.194. The van der Waals surface area contributed by atoms with E-state index in [1.807, 2.05) is 73.1 Å². The number of furan rings is 1. The third-order valence-corrected chi connectivity index (χ3v) is 6.12. The molecule has 8 heteroatoms. The van der Waals surface area contributed by atoms with Crippen molar-refractivity contribution in [3.05, 3.63) is 101 Å². The average Bonchev–Trinajstić information content (AvgIpc) is 3.49. The summed E-state index contributed by atoms with van der Waals surface area (Å²) in [6.45, 7) is 4.71. The van der Waals surface area contributed by atoms with Gasteiger partial charge in [0.05, 0.1) is 12.3 Å². The Bertz CT molecular complexity index is 1280. The molecule has 0 radical (unpaired) electrons. The van der Waals surface area contributed by atoms with Gasteiger partial charge >= 0.3 is 0 Å². The number of hydrogen-bond acceptors (Lipinski definition) is 5. The number of aryl methyl sites for hydroxylation is 2. The molecule has 4 aromatic rings. The van der Waals surface area contributed by atoms with Gasteiger partial charge in [0.15, 0.2) is 5.16 Å². The molecule has 0 aliphatic heterocycles. The van der Waals surface area contributed by atoms with Crippen molar-refractivity contribution < 1.29 is 14.0 Å². The van der Waals surface area contributed by atoms with Crippen LogP contribution in [0.25, 0.3) is 5.69 Å². The van der Waals surface area contributed by atoms with Crippen molar-refractivity contribution in [3.63, 3.8) is 0 Å². The molecule has 7 nitrogen and oxygen atoms in total. The van der Waals surface area contributed by atoms with Crippen LogP contribution in [0.15, 0.2) is 82.6 Å². The van der Waals surface area contributed by atoms with E-state index in [0.29, 0.717) is 29.6 Å². The van der Waals surface area contributed by atoms with Crippen LogP contribution >= 0.6 is 11.8 Å². The standard InChI is InChI=1S/C26H26N4O3S/c1-18-6-9-20(10-7-18)15-28-24(31)17-34-26-27-12-13-30(26)22-5-3-4-21(14-22)25(32)29-16-23-11-8-19(2)33-23/h3-14H,15-17H2,1-2H3,(H,28,31)(H,29,32). The van der Waals surface area contributed by atoms with Crippen molar-refractivity contribution >= 4 is 23.6 Å². The van der Waals surface area contributed by atoms with Gasteiger partial charge in [0.1, 0.15) is 11.5 Å². The van der Waals surface area contributed by atoms with Crippen molar-refractivity contribution in [2.75, 3.05) is 5.75 Å². The smallest absolute Gasteiger partial charge is 0.251 e. The third kappa shape index (κ3) is 6.17. The van der Waals surface area contributed by atoms with Crippen LogP contribution in [0.2, 0.25) is 0 Å². The van der Waals surface area contributed by atoms with E-state index in [1.165, 1.54) is 17.3 Å². The summed E-state index contributed by atoms with van der Waals surface area (Å²) in [7, 11) is 0. The minimum absolute atomic E-state index is 0.0681. The molecule has 0 aliphatic carbocycles. The fourth-order valence-electron chi connectivity index (χ4n) is 3.33. The first kappa shape index (κ1) is 23.4. The molecule has 0 bridgehead atoms. The van der Waals surface area contributed by atoms with Gasteiger partial charge in [-0.05, 0) is 49.7 Å². The lowest BCUT2D eigenvalue weighted by atomic mass is 10.1. The molecule has 0 aliphatic rings. The first-order valence-electron chi connectivity index (χ1n) is 10.9. The minimum Gasteiger partial charge on any atom is -0.465 e. The SMILES string of the molecule is Cc1ccc(CNC(=O)CSc2nccn2-c2cccc(C(=O)NCc3ccc(C)o3)c2)cc1. The van der Waals surface area contributed by atoms with Crippen molar-refractivity contribution in [3.8, 4) is 5.69 Å². The zero-order valence-electron chi connectivity index (χ0n) is 19.1. The van der Waals surface area contributed by atoms with Gasteiger partial charge in [-0.3, -0.25) is 14.2 Å². The van der Waals surface area contributed by atoms with E-state index >= 15 is 0 Å². The largest absolute Gasteiger partial charge is 0.465 e. The lowest BCUT2D eigenvalue weighted by Crippen LogP contribution is -2.24. The van der Waals surface area contributed by atoms with Gasteiger partial charge in [0.2, 0.25) is 5.91 Å². The summed E-state index contributed by atoms with van der Waals surface area (Å²) >= 11 is 1.35. The maximum absolute atomic E-state index is 12.6. The summed E-state index contributed by atoms with van der Waals surface area (Å²) in [6, 6.07) is 19.1. The first-order valence-corrected chi connectivity index (χ1v) is 11.9. The lowest BCUT2D eigenvalue weighted by Gasteiger charge is -2.10. The summed E-state index contributed by atoms with van der Waals surface area (Å²) in [5, 5.41) is 6.48. The number of carbonyl (C=O) groups is 2. The summed E-state index contributed by atoms with van der Waals surface area (Å²) in [6.07, 6.45) is 3.49. The fourth-order valence-corrected chi connectivity index (χ4v) is 4.13. The van der Waals surface area contributed by atoms with Crippen molar-refractivity contribution in [1.82, 2.24) is 20.2 Å². The van der Waals surface area contributed by atoms with E-state index in [0.717, 1.165) is 17.0 Å². The summed E-state index contributed by atoms with van der Waals surface area (Å²) < 4.78 is 7.36. The van der Waals surface area contributed by atoms with Gasteiger partial charge in [0.25, 0.3) is 5.91 Å². The van der Waals surface area contributed by atoms with E-state index in [4.69, 9.17) is 4.42 Å². The maximum Gasteiger partial charge on any atom is 0.251 e. The number of hydrogen-bond donors (Lipinski definition) is 2. The molecular formula is C26H26N4O3S. The highest BCUT2D eigenvalue weighted by Gasteiger charge is 2.12. The highest BCUT2D eigenvalue weighted by molar-refractivity contribution is 7.99. The van der Waals surface area contributed by atoms with Gasteiger partial charge in [-0.2, -0.15) is 0 Å². The third-order valence-electron chi connectivity index (χ3n) is 5.16. The van der Waals surface area contributed by atoms with E-state index in [9.17, 15) is 9.59 Å². The predicted octanol–water partition coefficient (Wildman–Crippen LogP) is 4.42. The van der Waals surface area contributed by atoms with Gasteiger partial charge in [-0.15, -0.1) is 0 Å². The molecule has 34 heavy (non-hydrogen) atoms. The number of carbonyl (C=O) groups excluding carboxylic acids is 2. The number of nitrogens with zero attached hydrogens (tertiary/aromatic N) is 2. The summed E-state index contributed by atoms with van der Waals surface area (Å²) in [5.41, 5.74) is 3.57. The van der Waals surface area contributed by atoms with Gasteiger partial charge in [0, 0.05) is 30.2 Å². The molecule has 0 saturated carbocycles. The lowest BCUT2D eigenvalue weighted by molar-refractivity contribution is -0.118. The number of amides is 2. The van der Waals surface area contributed by atoms with Crippen molar-refractivity contribution in [1.29, 1.82) is 0 Å². The molecule has 0 saturated heterocycles. The van der Waals surface area contributed by atoms with Crippen LogP contribution in [-0.4, -0.2) is 27.1 Å². The van der Waals surface area contributed by atoms with Crippen LogP contribution in [-0.2, 0) is 17.9 Å². The molecule has 0 spiro atoms. The van der Waals surface area contributed by atoms with Crippen LogP contribution in [0.3, 0.4) is 0 Å². The van der Waals surface area contributed by atoms with E-state index in [1.54, 1.807) is 18.3 Å². The Hall–Kier alpha value is -3.78. The topological polar surface area (TPSA) is 89.2 Å². The summed E-state index contributed by atoms with van der Waals surface area (Å²) in [5.74, 6) is 1.49. The fraction of sp³-hybridized carbons (Fsp3) is 0.192. The molecule has 2 heterocycles. The molecule has 2 N–H and O–H groups in total. The average molecular weight is 475 g/mol. The zero-order valence-corrected chi connectivity index (χ0v) is 19.9. The molecule has 0 fully saturated rings. The Morgan fingerprint density at radius 2 is 1.82 bits per heavy atom. The molecule has 4 rings (SSSR count). The summed E-state index contributed by atoms with van der Waals surface area (Å²) in [4.78, 5) is 29.3. The van der Waals surface area contributed by atoms with Crippen LogP contribution in [0.5, 0.6) is 0 Å². The Kier molecular flexibility index (Phi) is 7.49. The number of thioether (sulfide) groups is 1. The van der Waals surface area contributed by atoms with E-state index < -0.39 is 0 Å². The van der Waals surface area contributed by atoms with Crippen LogP contribution in [0.4, 0.5) is 0 Å². The Morgan fingerprint density at radius 3 is 2.59 bits per heavy atom. The predicted molar refractivity (Wildman–Crippen MR) is 132 cm³/mol.